The number of nitrogens with one attached hydrogen (secondary N) is 1. The smallest absolute Gasteiger partial charge is 0.253 e. The Labute approximate surface area is 111 Å². The maximum absolute atomic E-state index is 11.9. The number of nitrogens with zero attached hydrogens (tertiary/aromatic N) is 1. The van der Waals surface area contributed by atoms with Gasteiger partial charge in [0.2, 0.25) is 5.88 Å². The second-order valence-corrected chi connectivity index (χ2v) is 3.98. The lowest BCUT2D eigenvalue weighted by atomic mass is 10.1. The third-order valence-electron chi connectivity index (χ3n) is 2.67. The highest BCUT2D eigenvalue weighted by molar-refractivity contribution is 5.98. The number of carbonyl (C=O) groups excluding carboxylic acids is 1. The highest BCUT2D eigenvalue weighted by Gasteiger charge is 2.08. The van der Waals surface area contributed by atoms with E-state index in [2.05, 4.69) is 10.3 Å². The number of pyridine rings is 1. The normalized spacial score (nSPS) is 9.95. The maximum atomic E-state index is 11.9. The summed E-state index contributed by atoms with van der Waals surface area (Å²) in [4.78, 5) is 16.0. The number of nitrogens with two attached hydrogens (primary N) is 1. The molecule has 98 valence electrons. The van der Waals surface area contributed by atoms with Gasteiger partial charge in [-0.15, -0.1) is 0 Å². The molecule has 5 nitrogen and oxygen atoms in total. The van der Waals surface area contributed by atoms with Gasteiger partial charge in [0.15, 0.2) is 0 Å². The molecule has 0 saturated carbocycles. The second-order valence-electron chi connectivity index (χ2n) is 3.98. The van der Waals surface area contributed by atoms with E-state index in [1.54, 1.807) is 43.6 Å². The summed E-state index contributed by atoms with van der Waals surface area (Å²) in [6.45, 7) is 0.393. The van der Waals surface area contributed by atoms with Gasteiger partial charge in [-0.1, -0.05) is 18.2 Å². The Kier molecular flexibility index (Phi) is 3.97. The lowest BCUT2D eigenvalue weighted by Gasteiger charge is -2.07. The molecule has 0 unspecified atom stereocenters. The van der Waals surface area contributed by atoms with Crippen molar-refractivity contribution in [1.29, 1.82) is 0 Å². The van der Waals surface area contributed by atoms with Crippen LogP contribution in [0.2, 0.25) is 0 Å². The third kappa shape index (κ3) is 3.22. The molecule has 1 aromatic carbocycles. The van der Waals surface area contributed by atoms with Crippen LogP contribution in [0.3, 0.4) is 0 Å². The number of methoxy groups -OCH3 is 1. The van der Waals surface area contributed by atoms with Crippen molar-refractivity contribution >= 4 is 11.6 Å². The van der Waals surface area contributed by atoms with Gasteiger partial charge < -0.3 is 15.8 Å². The van der Waals surface area contributed by atoms with Crippen molar-refractivity contribution in [3.8, 4) is 5.88 Å². The van der Waals surface area contributed by atoms with Gasteiger partial charge in [0, 0.05) is 24.5 Å². The van der Waals surface area contributed by atoms with Crippen LogP contribution in [-0.2, 0) is 6.54 Å². The fourth-order valence-electron chi connectivity index (χ4n) is 1.62. The molecular formula is C14H15N3O2. The highest BCUT2D eigenvalue weighted by atomic mass is 16.5. The van der Waals surface area contributed by atoms with E-state index in [4.69, 9.17) is 10.5 Å². The van der Waals surface area contributed by atoms with Gasteiger partial charge in [-0.3, -0.25) is 4.79 Å². The molecule has 0 aliphatic carbocycles. The quantitative estimate of drug-likeness (QED) is 0.816. The zero-order valence-electron chi connectivity index (χ0n) is 10.6. The summed E-state index contributed by atoms with van der Waals surface area (Å²) in [7, 11) is 1.56. The zero-order valence-corrected chi connectivity index (χ0v) is 10.6. The van der Waals surface area contributed by atoms with Crippen LogP contribution in [0.4, 0.5) is 5.69 Å². The van der Waals surface area contributed by atoms with Crippen molar-refractivity contribution < 1.29 is 9.53 Å². The van der Waals surface area contributed by atoms with Gasteiger partial charge in [0.05, 0.1) is 12.7 Å². The van der Waals surface area contributed by atoms with E-state index in [0.717, 1.165) is 5.56 Å². The molecule has 0 aliphatic rings. The van der Waals surface area contributed by atoms with Crippen molar-refractivity contribution in [2.24, 2.45) is 0 Å². The van der Waals surface area contributed by atoms with Crippen LogP contribution >= 0.6 is 0 Å². The van der Waals surface area contributed by atoms with Crippen molar-refractivity contribution in [2.45, 2.75) is 6.54 Å². The largest absolute Gasteiger partial charge is 0.481 e. The fourth-order valence-corrected chi connectivity index (χ4v) is 1.62. The Morgan fingerprint density at radius 3 is 2.74 bits per heavy atom. The average molecular weight is 257 g/mol. The Morgan fingerprint density at radius 2 is 2.11 bits per heavy atom. The number of ether oxygens (including phenoxy) is 1. The molecule has 0 aliphatic heterocycles. The number of carbonyl (C=O) groups is 1. The lowest BCUT2D eigenvalue weighted by Crippen LogP contribution is -2.23. The molecule has 1 heterocycles. The number of nitrogen functional groups attached to an aromatic ring is 1. The van der Waals surface area contributed by atoms with Crippen molar-refractivity contribution in [3.05, 3.63) is 53.7 Å². The number of benzene rings is 1. The summed E-state index contributed by atoms with van der Waals surface area (Å²) in [6, 6.07) is 10.6. The second kappa shape index (κ2) is 5.86. The van der Waals surface area contributed by atoms with Crippen LogP contribution in [0.25, 0.3) is 0 Å². The minimum absolute atomic E-state index is 0.200. The fraction of sp³-hybridized carbons (Fsp3) is 0.143. The van der Waals surface area contributed by atoms with Crippen LogP contribution in [0.15, 0.2) is 42.6 Å². The number of aromatic nitrogens is 1. The lowest BCUT2D eigenvalue weighted by molar-refractivity contribution is 0.0952. The first-order valence-corrected chi connectivity index (χ1v) is 5.82. The van der Waals surface area contributed by atoms with E-state index in [1.807, 2.05) is 6.07 Å². The summed E-state index contributed by atoms with van der Waals surface area (Å²) in [5.41, 5.74) is 7.57. The van der Waals surface area contributed by atoms with Gasteiger partial charge in [-0.25, -0.2) is 4.98 Å². The minimum atomic E-state index is -0.200. The Hall–Kier alpha value is -2.56. The van der Waals surface area contributed by atoms with E-state index in [9.17, 15) is 4.79 Å². The Morgan fingerprint density at radius 1 is 1.32 bits per heavy atom. The average Bonchev–Trinajstić information content (AvgIpc) is 2.46. The molecule has 0 radical (unpaired) electrons. The maximum Gasteiger partial charge on any atom is 0.253 e. The van der Waals surface area contributed by atoms with E-state index in [-0.39, 0.29) is 5.91 Å². The van der Waals surface area contributed by atoms with Gasteiger partial charge in [0.1, 0.15) is 0 Å². The van der Waals surface area contributed by atoms with Crippen LogP contribution in [0, 0.1) is 0 Å². The van der Waals surface area contributed by atoms with Crippen LogP contribution in [0.5, 0.6) is 5.88 Å². The van der Waals surface area contributed by atoms with E-state index in [0.29, 0.717) is 23.7 Å². The molecule has 19 heavy (non-hydrogen) atoms. The molecule has 0 saturated heterocycles. The Balaban J connectivity index is 1.98. The molecule has 0 bridgehead atoms. The number of anilines is 1. The number of amides is 1. The van der Waals surface area contributed by atoms with Crippen molar-refractivity contribution in [3.63, 3.8) is 0 Å². The predicted octanol–water partition coefficient (Wildman–Crippen LogP) is 1.60. The summed E-state index contributed by atoms with van der Waals surface area (Å²) >= 11 is 0. The molecule has 0 fully saturated rings. The number of para-hydroxylation sites is 1. The molecular weight excluding hydrogens is 242 g/mol. The summed E-state index contributed by atoms with van der Waals surface area (Å²) in [5.74, 6) is 0.344. The topological polar surface area (TPSA) is 77.2 Å². The first-order valence-electron chi connectivity index (χ1n) is 5.82. The molecule has 1 amide bonds. The standard InChI is InChI=1S/C14H15N3O2/c1-19-13-7-6-10(8-16-13)9-17-14(18)11-4-2-3-5-12(11)15/h2-8H,9,15H2,1H3,(H,17,18). The monoisotopic (exact) mass is 257 g/mol. The summed E-state index contributed by atoms with van der Waals surface area (Å²) < 4.78 is 4.96. The summed E-state index contributed by atoms with van der Waals surface area (Å²) in [5, 5.41) is 2.79. The molecule has 5 heteroatoms. The SMILES string of the molecule is COc1ccc(CNC(=O)c2ccccc2N)cn1. The van der Waals surface area contributed by atoms with E-state index < -0.39 is 0 Å². The molecule has 1 aromatic heterocycles. The first kappa shape index (κ1) is 12.9. The van der Waals surface area contributed by atoms with Crippen molar-refractivity contribution in [1.82, 2.24) is 10.3 Å². The number of rotatable bonds is 4. The van der Waals surface area contributed by atoms with E-state index in [1.165, 1.54) is 0 Å². The van der Waals surface area contributed by atoms with Crippen molar-refractivity contribution in [2.75, 3.05) is 12.8 Å². The third-order valence-corrected chi connectivity index (χ3v) is 2.67. The van der Waals surface area contributed by atoms with Crippen LogP contribution in [-0.4, -0.2) is 18.0 Å². The van der Waals surface area contributed by atoms with Gasteiger partial charge in [-0.2, -0.15) is 0 Å². The molecule has 2 aromatic rings. The number of hydrogen-bond donors (Lipinski definition) is 2. The molecule has 0 spiro atoms. The highest BCUT2D eigenvalue weighted by Crippen LogP contribution is 2.11. The Bertz CT molecular complexity index is 567. The summed E-state index contributed by atoms with van der Waals surface area (Å²) in [6.07, 6.45) is 1.66. The minimum Gasteiger partial charge on any atom is -0.481 e. The van der Waals surface area contributed by atoms with Crippen LogP contribution in [0.1, 0.15) is 15.9 Å². The van der Waals surface area contributed by atoms with Crippen LogP contribution < -0.4 is 15.8 Å². The van der Waals surface area contributed by atoms with Gasteiger partial charge in [0.25, 0.3) is 5.91 Å². The van der Waals surface area contributed by atoms with Gasteiger partial charge >= 0.3 is 0 Å². The molecule has 2 rings (SSSR count). The van der Waals surface area contributed by atoms with E-state index >= 15 is 0 Å². The molecule has 3 N–H and O–H groups in total. The molecule has 0 atom stereocenters. The predicted molar refractivity (Wildman–Crippen MR) is 72.8 cm³/mol. The number of hydrogen-bond acceptors (Lipinski definition) is 4. The van der Waals surface area contributed by atoms with Gasteiger partial charge in [-0.05, 0) is 17.7 Å². The zero-order chi connectivity index (χ0) is 13.7. The first-order chi connectivity index (χ1) is 9.20.